The standard InChI is InChI=1S/C20H15N7O2S/c28-27(29)15-4-1-12(2-5-15)10-21-20-24-17-7-8-30-18(17)19(25-20)23-14-3-6-16-13(9-14)11-22-26-16/h1-9,11H,10H2,(H,22,26)(H2,21,23,24,25). The summed E-state index contributed by atoms with van der Waals surface area (Å²) in [6.45, 7) is 0.452. The molecule has 0 saturated heterocycles. The lowest BCUT2D eigenvalue weighted by atomic mass is 10.2. The van der Waals surface area contributed by atoms with E-state index in [1.807, 2.05) is 29.6 Å². The molecule has 5 rings (SSSR count). The van der Waals surface area contributed by atoms with E-state index in [2.05, 4.69) is 30.8 Å². The van der Waals surface area contributed by atoms with E-state index in [0.717, 1.165) is 32.4 Å². The Morgan fingerprint density at radius 3 is 2.80 bits per heavy atom. The van der Waals surface area contributed by atoms with Gasteiger partial charge in [-0.1, -0.05) is 12.1 Å². The van der Waals surface area contributed by atoms with Gasteiger partial charge in [0.2, 0.25) is 5.95 Å². The largest absolute Gasteiger partial charge is 0.350 e. The second kappa shape index (κ2) is 7.41. The van der Waals surface area contributed by atoms with Crippen LogP contribution >= 0.6 is 11.3 Å². The van der Waals surface area contributed by atoms with E-state index in [0.29, 0.717) is 18.3 Å². The molecular formula is C20H15N7O2S. The SMILES string of the molecule is O=[N+]([O-])c1ccc(CNc2nc(Nc3ccc4[nH]ncc4c3)c3sccc3n2)cc1. The Morgan fingerprint density at radius 2 is 1.97 bits per heavy atom. The summed E-state index contributed by atoms with van der Waals surface area (Å²) in [6, 6.07) is 14.3. The van der Waals surface area contributed by atoms with Gasteiger partial charge in [0.15, 0.2) is 5.82 Å². The second-order valence-electron chi connectivity index (χ2n) is 6.60. The Bertz CT molecular complexity index is 1360. The maximum absolute atomic E-state index is 10.8. The molecule has 148 valence electrons. The van der Waals surface area contributed by atoms with Crippen LogP contribution in [0.4, 0.5) is 23.1 Å². The average Bonchev–Trinajstić information content (AvgIpc) is 3.41. The molecule has 0 unspecified atom stereocenters. The molecule has 0 aliphatic rings. The third kappa shape index (κ3) is 3.51. The summed E-state index contributed by atoms with van der Waals surface area (Å²) in [6.07, 6.45) is 1.78. The van der Waals surface area contributed by atoms with Crippen LogP contribution in [0.25, 0.3) is 21.1 Å². The van der Waals surface area contributed by atoms with Gasteiger partial charge < -0.3 is 10.6 Å². The van der Waals surface area contributed by atoms with Gasteiger partial charge in [0.05, 0.1) is 26.9 Å². The number of non-ortho nitro benzene ring substituents is 1. The van der Waals surface area contributed by atoms with Gasteiger partial charge in [-0.2, -0.15) is 10.1 Å². The number of nitro groups is 1. The summed E-state index contributed by atoms with van der Waals surface area (Å²) < 4.78 is 0.961. The van der Waals surface area contributed by atoms with Gasteiger partial charge in [0.1, 0.15) is 0 Å². The lowest BCUT2D eigenvalue weighted by molar-refractivity contribution is -0.384. The molecule has 0 aliphatic carbocycles. The van der Waals surface area contributed by atoms with E-state index in [1.54, 1.807) is 29.7 Å². The molecule has 0 saturated carbocycles. The first-order chi connectivity index (χ1) is 14.7. The fourth-order valence-electron chi connectivity index (χ4n) is 3.10. The highest BCUT2D eigenvalue weighted by atomic mass is 32.1. The van der Waals surface area contributed by atoms with Gasteiger partial charge in [0, 0.05) is 29.8 Å². The molecule has 3 aromatic heterocycles. The van der Waals surface area contributed by atoms with Crippen molar-refractivity contribution in [2.45, 2.75) is 6.54 Å². The predicted molar refractivity (Wildman–Crippen MR) is 117 cm³/mol. The number of nitro benzene ring substituents is 1. The number of hydrogen-bond acceptors (Lipinski definition) is 8. The monoisotopic (exact) mass is 417 g/mol. The van der Waals surface area contributed by atoms with Gasteiger partial charge >= 0.3 is 0 Å². The summed E-state index contributed by atoms with van der Waals surface area (Å²) in [5, 5.41) is 27.3. The average molecular weight is 417 g/mol. The number of aromatic amines is 1. The molecule has 2 aromatic carbocycles. The van der Waals surface area contributed by atoms with Gasteiger partial charge in [-0.3, -0.25) is 15.2 Å². The summed E-state index contributed by atoms with van der Waals surface area (Å²) in [7, 11) is 0. The number of fused-ring (bicyclic) bond motifs is 2. The Balaban J connectivity index is 1.40. The van der Waals surface area contributed by atoms with Crippen LogP contribution in [0, 0.1) is 10.1 Å². The first-order valence-electron chi connectivity index (χ1n) is 9.08. The first kappa shape index (κ1) is 18.0. The number of hydrogen-bond donors (Lipinski definition) is 3. The zero-order valence-corrected chi connectivity index (χ0v) is 16.3. The smallest absolute Gasteiger partial charge is 0.269 e. The first-order valence-corrected chi connectivity index (χ1v) is 9.96. The van der Waals surface area contributed by atoms with Crippen LogP contribution in [0.2, 0.25) is 0 Å². The van der Waals surface area contributed by atoms with E-state index in [-0.39, 0.29) is 5.69 Å². The van der Waals surface area contributed by atoms with Crippen LogP contribution in [0.15, 0.2) is 60.1 Å². The highest BCUT2D eigenvalue weighted by Crippen LogP contribution is 2.30. The van der Waals surface area contributed by atoms with Crippen LogP contribution in [-0.2, 0) is 6.54 Å². The van der Waals surface area contributed by atoms with Crippen molar-refractivity contribution in [3.63, 3.8) is 0 Å². The van der Waals surface area contributed by atoms with E-state index in [1.165, 1.54) is 12.1 Å². The molecule has 0 spiro atoms. The van der Waals surface area contributed by atoms with Gasteiger partial charge in [-0.05, 0) is 35.2 Å². The van der Waals surface area contributed by atoms with Crippen LogP contribution in [0.1, 0.15) is 5.56 Å². The molecular weight excluding hydrogens is 402 g/mol. The van der Waals surface area contributed by atoms with Gasteiger partial charge in [-0.25, -0.2) is 4.98 Å². The lowest BCUT2D eigenvalue weighted by Crippen LogP contribution is -2.05. The van der Waals surface area contributed by atoms with Gasteiger partial charge in [-0.15, -0.1) is 11.3 Å². The molecule has 0 bridgehead atoms. The van der Waals surface area contributed by atoms with Crippen molar-refractivity contribution < 1.29 is 4.92 Å². The molecule has 30 heavy (non-hydrogen) atoms. The van der Waals surface area contributed by atoms with Crippen molar-refractivity contribution >= 4 is 55.6 Å². The third-order valence-electron chi connectivity index (χ3n) is 4.60. The summed E-state index contributed by atoms with van der Waals surface area (Å²) >= 11 is 1.57. The predicted octanol–water partition coefficient (Wildman–Crippen LogP) is 4.83. The Morgan fingerprint density at radius 1 is 1.10 bits per heavy atom. The second-order valence-corrected chi connectivity index (χ2v) is 7.52. The number of anilines is 3. The van der Waals surface area contributed by atoms with Crippen LogP contribution in [-0.4, -0.2) is 25.1 Å². The van der Waals surface area contributed by atoms with Crippen LogP contribution < -0.4 is 10.6 Å². The Labute approximate surface area is 174 Å². The van der Waals surface area contributed by atoms with Crippen molar-refractivity contribution in [1.29, 1.82) is 0 Å². The minimum Gasteiger partial charge on any atom is -0.350 e. The fourth-order valence-corrected chi connectivity index (χ4v) is 3.88. The summed E-state index contributed by atoms with van der Waals surface area (Å²) in [5.41, 5.74) is 3.67. The topological polar surface area (TPSA) is 122 Å². The fraction of sp³-hybridized carbons (Fsp3) is 0.0500. The van der Waals surface area contributed by atoms with Crippen molar-refractivity contribution in [2.24, 2.45) is 0 Å². The van der Waals surface area contributed by atoms with Crippen molar-refractivity contribution in [3.8, 4) is 0 Å². The zero-order valence-electron chi connectivity index (χ0n) is 15.5. The number of benzene rings is 2. The molecule has 0 aliphatic heterocycles. The number of thiophene rings is 1. The molecule has 0 fully saturated rings. The van der Waals surface area contributed by atoms with E-state index in [9.17, 15) is 10.1 Å². The van der Waals surface area contributed by atoms with Crippen molar-refractivity contribution in [1.82, 2.24) is 20.2 Å². The molecule has 3 heterocycles. The van der Waals surface area contributed by atoms with Crippen molar-refractivity contribution in [2.75, 3.05) is 10.6 Å². The third-order valence-corrected chi connectivity index (χ3v) is 5.51. The van der Waals surface area contributed by atoms with E-state index >= 15 is 0 Å². The number of nitrogens with one attached hydrogen (secondary N) is 3. The molecule has 0 amide bonds. The van der Waals surface area contributed by atoms with Gasteiger partial charge in [0.25, 0.3) is 5.69 Å². The van der Waals surface area contributed by atoms with Crippen molar-refractivity contribution in [3.05, 3.63) is 75.8 Å². The molecule has 0 radical (unpaired) electrons. The van der Waals surface area contributed by atoms with Crippen LogP contribution in [0.5, 0.6) is 0 Å². The summed E-state index contributed by atoms with van der Waals surface area (Å²) in [5.74, 6) is 1.19. The number of H-pyrrole nitrogens is 1. The quantitative estimate of drug-likeness (QED) is 0.267. The zero-order chi connectivity index (χ0) is 20.5. The number of nitrogens with zero attached hydrogens (tertiary/aromatic N) is 4. The van der Waals surface area contributed by atoms with E-state index in [4.69, 9.17) is 0 Å². The van der Waals surface area contributed by atoms with E-state index < -0.39 is 4.92 Å². The molecule has 0 atom stereocenters. The lowest BCUT2D eigenvalue weighted by Gasteiger charge is -2.10. The molecule has 5 aromatic rings. The maximum Gasteiger partial charge on any atom is 0.269 e. The molecule has 9 nitrogen and oxygen atoms in total. The summed E-state index contributed by atoms with van der Waals surface area (Å²) in [4.78, 5) is 19.6. The van der Waals surface area contributed by atoms with Crippen LogP contribution in [0.3, 0.4) is 0 Å². The Kier molecular flexibility index (Phi) is 4.45. The number of rotatable bonds is 6. The maximum atomic E-state index is 10.8. The number of aromatic nitrogens is 4. The highest BCUT2D eigenvalue weighted by Gasteiger charge is 2.11. The minimum atomic E-state index is -0.413. The molecule has 10 heteroatoms. The Hall–Kier alpha value is -4.05. The molecule has 3 N–H and O–H groups in total. The normalized spacial score (nSPS) is 11.1. The highest BCUT2D eigenvalue weighted by molar-refractivity contribution is 7.17. The minimum absolute atomic E-state index is 0.0655.